The van der Waals surface area contributed by atoms with E-state index in [2.05, 4.69) is 37.9 Å². The van der Waals surface area contributed by atoms with E-state index < -0.39 is 0 Å². The Hall–Kier alpha value is -1.83. The van der Waals surface area contributed by atoms with Crippen LogP contribution in [0.1, 0.15) is 27.3 Å². The molecule has 0 aliphatic carbocycles. The maximum Gasteiger partial charge on any atom is 0.276 e. The molecule has 3 N–H and O–H groups in total. The van der Waals surface area contributed by atoms with Gasteiger partial charge in [-0.15, -0.1) is 0 Å². The third-order valence-corrected chi connectivity index (χ3v) is 6.00. The summed E-state index contributed by atoms with van der Waals surface area (Å²) in [6.07, 6.45) is 1.94. The molecule has 0 unspecified atom stereocenters. The molecule has 1 aromatic carbocycles. The average molecular weight is 372 g/mol. The van der Waals surface area contributed by atoms with E-state index in [9.17, 15) is 4.79 Å². The van der Waals surface area contributed by atoms with Crippen molar-refractivity contribution < 1.29 is 4.79 Å². The third-order valence-electron chi connectivity index (χ3n) is 5.05. The third kappa shape index (κ3) is 4.11. The fraction of sp³-hybridized carbons (Fsp3) is 0.474. The van der Waals surface area contributed by atoms with Crippen LogP contribution >= 0.6 is 11.8 Å². The van der Waals surface area contributed by atoms with E-state index in [-0.39, 0.29) is 5.91 Å². The molecule has 0 saturated carbocycles. The number of rotatable bonds is 5. The van der Waals surface area contributed by atoms with Crippen molar-refractivity contribution in [1.82, 2.24) is 20.4 Å². The number of aromatic amines is 1. The standard InChI is InChI=1S/C19H25N5OS/c25-19(18-16-13-20-7-5-17(16)22-23-18)21-15-3-1-14(2-4-15)6-8-24-9-11-26-12-10-24/h1-4,20H,5-13H2,(H,21,25)(H,22,23). The molecular formula is C19H25N5OS. The summed E-state index contributed by atoms with van der Waals surface area (Å²) in [5, 5.41) is 13.5. The number of carbonyl (C=O) groups is 1. The summed E-state index contributed by atoms with van der Waals surface area (Å²) in [7, 11) is 0. The molecule has 0 bridgehead atoms. The second kappa shape index (κ2) is 8.24. The van der Waals surface area contributed by atoms with Crippen molar-refractivity contribution in [2.75, 3.05) is 43.0 Å². The maximum atomic E-state index is 12.5. The number of benzene rings is 1. The normalized spacial score (nSPS) is 17.7. The van der Waals surface area contributed by atoms with Gasteiger partial charge in [-0.25, -0.2) is 0 Å². The number of hydrogen-bond donors (Lipinski definition) is 3. The minimum absolute atomic E-state index is 0.148. The highest BCUT2D eigenvalue weighted by atomic mass is 32.2. The van der Waals surface area contributed by atoms with Gasteiger partial charge in [0, 0.05) is 67.6 Å². The second-order valence-electron chi connectivity index (χ2n) is 6.81. The fourth-order valence-corrected chi connectivity index (χ4v) is 4.45. The lowest BCUT2D eigenvalue weighted by molar-refractivity contribution is 0.102. The molecule has 2 aliphatic heterocycles. The first kappa shape index (κ1) is 17.6. The van der Waals surface area contributed by atoms with Gasteiger partial charge in [-0.3, -0.25) is 9.89 Å². The van der Waals surface area contributed by atoms with Crippen molar-refractivity contribution in [2.45, 2.75) is 19.4 Å². The highest BCUT2D eigenvalue weighted by Crippen LogP contribution is 2.18. The van der Waals surface area contributed by atoms with Crippen LogP contribution in [-0.4, -0.2) is 58.7 Å². The number of fused-ring (bicyclic) bond motifs is 1. The summed E-state index contributed by atoms with van der Waals surface area (Å²) in [4.78, 5) is 15.1. The topological polar surface area (TPSA) is 73.0 Å². The van der Waals surface area contributed by atoms with Crippen LogP contribution in [0.15, 0.2) is 24.3 Å². The number of H-pyrrole nitrogens is 1. The van der Waals surface area contributed by atoms with Crippen LogP contribution in [0.2, 0.25) is 0 Å². The largest absolute Gasteiger partial charge is 0.321 e. The molecule has 4 rings (SSSR count). The summed E-state index contributed by atoms with van der Waals surface area (Å²) >= 11 is 2.04. The van der Waals surface area contributed by atoms with Gasteiger partial charge in [0.2, 0.25) is 0 Å². The minimum atomic E-state index is -0.148. The lowest BCUT2D eigenvalue weighted by Gasteiger charge is -2.26. The predicted octanol–water partition coefficient (Wildman–Crippen LogP) is 1.90. The number of amides is 1. The number of thioether (sulfide) groups is 1. The number of hydrogen-bond acceptors (Lipinski definition) is 5. The summed E-state index contributed by atoms with van der Waals surface area (Å²) in [6, 6.07) is 8.18. The van der Waals surface area contributed by atoms with Crippen molar-refractivity contribution in [1.29, 1.82) is 0 Å². The van der Waals surface area contributed by atoms with Gasteiger partial charge in [0.1, 0.15) is 0 Å². The Balaban J connectivity index is 1.33. The molecule has 7 heteroatoms. The Bertz CT molecular complexity index is 752. The van der Waals surface area contributed by atoms with Crippen molar-refractivity contribution in [3.63, 3.8) is 0 Å². The number of aromatic nitrogens is 2. The van der Waals surface area contributed by atoms with Crippen LogP contribution in [0.25, 0.3) is 0 Å². The van der Waals surface area contributed by atoms with E-state index in [1.165, 1.54) is 30.2 Å². The first-order chi connectivity index (χ1) is 12.8. The van der Waals surface area contributed by atoms with E-state index in [0.29, 0.717) is 12.2 Å². The maximum absolute atomic E-state index is 12.5. The molecule has 0 atom stereocenters. The number of nitrogens with zero attached hydrogens (tertiary/aromatic N) is 2. The number of carbonyl (C=O) groups excluding carboxylic acids is 1. The average Bonchev–Trinajstić information content (AvgIpc) is 3.12. The molecule has 0 spiro atoms. The highest BCUT2D eigenvalue weighted by Gasteiger charge is 2.21. The molecule has 2 aromatic rings. The Morgan fingerprint density at radius 2 is 2.04 bits per heavy atom. The first-order valence-electron chi connectivity index (χ1n) is 9.27. The quantitative estimate of drug-likeness (QED) is 0.749. The summed E-state index contributed by atoms with van der Waals surface area (Å²) in [5.41, 5.74) is 4.68. The predicted molar refractivity (Wildman–Crippen MR) is 106 cm³/mol. The molecule has 2 aliphatic rings. The number of anilines is 1. The molecule has 26 heavy (non-hydrogen) atoms. The van der Waals surface area contributed by atoms with Gasteiger partial charge >= 0.3 is 0 Å². The lowest BCUT2D eigenvalue weighted by Crippen LogP contribution is -2.34. The highest BCUT2D eigenvalue weighted by molar-refractivity contribution is 7.99. The summed E-state index contributed by atoms with van der Waals surface area (Å²) in [6.45, 7) is 5.12. The van der Waals surface area contributed by atoms with Crippen LogP contribution in [0, 0.1) is 0 Å². The zero-order chi connectivity index (χ0) is 17.8. The van der Waals surface area contributed by atoms with E-state index in [1.54, 1.807) is 0 Å². The van der Waals surface area contributed by atoms with Crippen molar-refractivity contribution in [3.05, 3.63) is 46.8 Å². The van der Waals surface area contributed by atoms with Crippen molar-refractivity contribution in [2.24, 2.45) is 0 Å². The van der Waals surface area contributed by atoms with E-state index in [0.717, 1.165) is 42.9 Å². The fourth-order valence-electron chi connectivity index (χ4n) is 3.47. The molecule has 1 aromatic heterocycles. The van der Waals surface area contributed by atoms with Gasteiger partial charge in [-0.05, 0) is 24.1 Å². The summed E-state index contributed by atoms with van der Waals surface area (Å²) < 4.78 is 0. The van der Waals surface area contributed by atoms with Gasteiger partial charge in [0.15, 0.2) is 5.69 Å². The number of nitrogens with one attached hydrogen (secondary N) is 3. The van der Waals surface area contributed by atoms with E-state index in [1.807, 2.05) is 23.9 Å². The molecule has 138 valence electrons. The molecule has 0 radical (unpaired) electrons. The van der Waals surface area contributed by atoms with Crippen LogP contribution in [-0.2, 0) is 19.4 Å². The van der Waals surface area contributed by atoms with Gasteiger partial charge in [-0.2, -0.15) is 16.9 Å². The zero-order valence-electron chi connectivity index (χ0n) is 14.9. The molecule has 1 saturated heterocycles. The second-order valence-corrected chi connectivity index (χ2v) is 8.04. The van der Waals surface area contributed by atoms with Crippen LogP contribution in [0.3, 0.4) is 0 Å². The Morgan fingerprint density at radius 1 is 1.23 bits per heavy atom. The van der Waals surface area contributed by atoms with Gasteiger partial charge in [-0.1, -0.05) is 12.1 Å². The molecule has 6 nitrogen and oxygen atoms in total. The van der Waals surface area contributed by atoms with Crippen LogP contribution in [0.5, 0.6) is 0 Å². The molecule has 3 heterocycles. The van der Waals surface area contributed by atoms with Crippen LogP contribution in [0.4, 0.5) is 5.69 Å². The Morgan fingerprint density at radius 3 is 2.85 bits per heavy atom. The van der Waals surface area contributed by atoms with E-state index in [4.69, 9.17) is 0 Å². The summed E-state index contributed by atoms with van der Waals surface area (Å²) in [5.74, 6) is 2.35. The monoisotopic (exact) mass is 371 g/mol. The smallest absolute Gasteiger partial charge is 0.276 e. The Labute approximate surface area is 158 Å². The molecule has 1 fully saturated rings. The van der Waals surface area contributed by atoms with E-state index >= 15 is 0 Å². The van der Waals surface area contributed by atoms with Gasteiger partial charge in [0.25, 0.3) is 5.91 Å². The van der Waals surface area contributed by atoms with Crippen molar-refractivity contribution in [3.8, 4) is 0 Å². The Kier molecular flexibility index (Phi) is 5.57. The van der Waals surface area contributed by atoms with Crippen molar-refractivity contribution >= 4 is 23.4 Å². The SMILES string of the molecule is O=C(Nc1ccc(CCN2CCSCC2)cc1)c1n[nH]c2c1CNCC2. The van der Waals surface area contributed by atoms with Gasteiger partial charge in [0.05, 0.1) is 0 Å². The molecule has 1 amide bonds. The lowest BCUT2D eigenvalue weighted by atomic mass is 10.1. The minimum Gasteiger partial charge on any atom is -0.321 e. The zero-order valence-corrected chi connectivity index (χ0v) is 15.7. The first-order valence-corrected chi connectivity index (χ1v) is 10.4. The van der Waals surface area contributed by atoms with Crippen LogP contribution < -0.4 is 10.6 Å². The molecular weight excluding hydrogens is 346 g/mol. The van der Waals surface area contributed by atoms with Gasteiger partial charge < -0.3 is 15.5 Å².